The minimum atomic E-state index is -0.384. The SMILES string of the molecule is Cc1ccc(C(=O)CCC(=O)OCc2csc(-c3ccsc3)n2)cc1. The normalized spacial score (nSPS) is 10.6. The highest BCUT2D eigenvalue weighted by molar-refractivity contribution is 7.14. The summed E-state index contributed by atoms with van der Waals surface area (Å²) in [5.74, 6) is -0.434. The van der Waals surface area contributed by atoms with Crippen LogP contribution in [0.1, 0.15) is 34.5 Å². The molecule has 0 aliphatic carbocycles. The number of rotatable bonds is 7. The number of thiophene rings is 1. The average molecular weight is 371 g/mol. The minimum absolute atomic E-state index is 0.0506. The standard InChI is InChI=1S/C19H17NO3S2/c1-13-2-4-14(5-3-13)17(21)6-7-18(22)23-10-16-12-25-19(20-16)15-8-9-24-11-15/h2-5,8-9,11-12H,6-7,10H2,1H3. The number of ether oxygens (including phenoxy) is 1. The number of hydrogen-bond acceptors (Lipinski definition) is 6. The predicted molar refractivity (Wildman–Crippen MR) is 100.0 cm³/mol. The summed E-state index contributed by atoms with van der Waals surface area (Å²) in [7, 11) is 0. The molecular weight excluding hydrogens is 354 g/mol. The highest BCUT2D eigenvalue weighted by Gasteiger charge is 2.12. The lowest BCUT2D eigenvalue weighted by Crippen LogP contribution is -2.08. The number of nitrogens with zero attached hydrogens (tertiary/aromatic N) is 1. The van der Waals surface area contributed by atoms with Crippen LogP contribution in [0.3, 0.4) is 0 Å². The number of thiazole rings is 1. The number of esters is 1. The van der Waals surface area contributed by atoms with E-state index in [0.29, 0.717) is 5.56 Å². The molecule has 0 spiro atoms. The first-order valence-electron chi connectivity index (χ1n) is 7.84. The highest BCUT2D eigenvalue weighted by Crippen LogP contribution is 2.25. The van der Waals surface area contributed by atoms with Crippen LogP contribution in [0.25, 0.3) is 10.6 Å². The molecule has 0 aliphatic heterocycles. The molecule has 1 aromatic carbocycles. The Morgan fingerprint density at radius 1 is 1.08 bits per heavy atom. The van der Waals surface area contributed by atoms with Crippen molar-refractivity contribution < 1.29 is 14.3 Å². The third-order valence-electron chi connectivity index (χ3n) is 3.63. The summed E-state index contributed by atoms with van der Waals surface area (Å²) < 4.78 is 5.22. The van der Waals surface area contributed by atoms with Gasteiger partial charge in [-0.3, -0.25) is 9.59 Å². The van der Waals surface area contributed by atoms with E-state index in [1.165, 1.54) is 11.3 Å². The van der Waals surface area contributed by atoms with E-state index in [2.05, 4.69) is 4.98 Å². The van der Waals surface area contributed by atoms with Gasteiger partial charge in [-0.25, -0.2) is 4.98 Å². The number of aromatic nitrogens is 1. The number of Topliss-reactive ketones (excluding diaryl/α,β-unsaturated/α-hetero) is 1. The van der Waals surface area contributed by atoms with Gasteiger partial charge in [0.05, 0.1) is 12.1 Å². The third-order valence-corrected chi connectivity index (χ3v) is 5.25. The first-order valence-corrected chi connectivity index (χ1v) is 9.66. The molecule has 0 saturated carbocycles. The zero-order chi connectivity index (χ0) is 17.6. The molecule has 3 aromatic rings. The number of carbonyl (C=O) groups excluding carboxylic acids is 2. The zero-order valence-corrected chi connectivity index (χ0v) is 15.4. The molecule has 2 heterocycles. The van der Waals surface area contributed by atoms with Gasteiger partial charge < -0.3 is 4.74 Å². The fraction of sp³-hybridized carbons (Fsp3) is 0.211. The second kappa shape index (κ2) is 8.18. The van der Waals surface area contributed by atoms with Crippen LogP contribution in [0.2, 0.25) is 0 Å². The molecule has 3 rings (SSSR count). The van der Waals surface area contributed by atoms with E-state index in [9.17, 15) is 9.59 Å². The van der Waals surface area contributed by atoms with Gasteiger partial charge in [-0.2, -0.15) is 11.3 Å². The zero-order valence-electron chi connectivity index (χ0n) is 13.7. The molecule has 0 fully saturated rings. The summed E-state index contributed by atoms with van der Waals surface area (Å²) in [4.78, 5) is 28.4. The van der Waals surface area contributed by atoms with Crippen molar-refractivity contribution in [2.75, 3.05) is 0 Å². The summed E-state index contributed by atoms with van der Waals surface area (Å²) in [6.45, 7) is 2.10. The maximum atomic E-state index is 12.1. The van der Waals surface area contributed by atoms with Gasteiger partial charge in [-0.15, -0.1) is 11.3 Å². The first kappa shape index (κ1) is 17.5. The van der Waals surface area contributed by atoms with Crippen LogP contribution in [0.4, 0.5) is 0 Å². The van der Waals surface area contributed by atoms with E-state index < -0.39 is 0 Å². The molecule has 0 radical (unpaired) electrons. The summed E-state index contributed by atoms with van der Waals surface area (Å²) in [6, 6.07) is 9.35. The van der Waals surface area contributed by atoms with Gasteiger partial charge in [-0.1, -0.05) is 29.8 Å². The lowest BCUT2D eigenvalue weighted by atomic mass is 10.1. The average Bonchev–Trinajstić information content (AvgIpc) is 3.29. The maximum absolute atomic E-state index is 12.1. The smallest absolute Gasteiger partial charge is 0.306 e. The van der Waals surface area contributed by atoms with E-state index >= 15 is 0 Å². The molecule has 0 saturated heterocycles. The maximum Gasteiger partial charge on any atom is 0.306 e. The van der Waals surface area contributed by atoms with Crippen LogP contribution in [-0.4, -0.2) is 16.7 Å². The highest BCUT2D eigenvalue weighted by atomic mass is 32.1. The van der Waals surface area contributed by atoms with Crippen LogP contribution in [0.5, 0.6) is 0 Å². The van der Waals surface area contributed by atoms with E-state index in [4.69, 9.17) is 4.74 Å². The van der Waals surface area contributed by atoms with Crippen molar-refractivity contribution in [1.29, 1.82) is 0 Å². The van der Waals surface area contributed by atoms with Crippen molar-refractivity contribution in [3.8, 4) is 10.6 Å². The van der Waals surface area contributed by atoms with Crippen LogP contribution < -0.4 is 0 Å². The van der Waals surface area contributed by atoms with Gasteiger partial charge in [0.15, 0.2) is 5.78 Å². The van der Waals surface area contributed by atoms with Crippen LogP contribution in [0.15, 0.2) is 46.5 Å². The molecule has 0 bridgehead atoms. The molecule has 0 atom stereocenters. The predicted octanol–water partition coefficient (Wildman–Crippen LogP) is 4.89. The molecule has 2 aromatic heterocycles. The Labute approximate surface area is 154 Å². The second-order valence-electron chi connectivity index (χ2n) is 5.61. The molecule has 0 unspecified atom stereocenters. The monoisotopic (exact) mass is 371 g/mol. The molecule has 128 valence electrons. The number of carbonyl (C=O) groups is 2. The van der Waals surface area contributed by atoms with Gasteiger partial charge in [0, 0.05) is 28.3 Å². The van der Waals surface area contributed by atoms with E-state index in [-0.39, 0.29) is 31.2 Å². The van der Waals surface area contributed by atoms with Gasteiger partial charge in [0.25, 0.3) is 0 Å². The third kappa shape index (κ3) is 4.84. The van der Waals surface area contributed by atoms with Gasteiger partial charge in [0.1, 0.15) is 11.6 Å². The number of ketones is 1. The van der Waals surface area contributed by atoms with Crippen molar-refractivity contribution in [2.24, 2.45) is 0 Å². The Kier molecular flexibility index (Phi) is 5.73. The molecule has 0 N–H and O–H groups in total. The van der Waals surface area contributed by atoms with E-state index in [1.807, 2.05) is 41.3 Å². The topological polar surface area (TPSA) is 56.3 Å². The quantitative estimate of drug-likeness (QED) is 0.438. The van der Waals surface area contributed by atoms with Gasteiger partial charge >= 0.3 is 5.97 Å². The molecular formula is C19H17NO3S2. The van der Waals surface area contributed by atoms with E-state index in [1.54, 1.807) is 23.5 Å². The Bertz CT molecular complexity index is 851. The lowest BCUT2D eigenvalue weighted by Gasteiger charge is -2.03. The lowest BCUT2D eigenvalue weighted by molar-refractivity contribution is -0.145. The van der Waals surface area contributed by atoms with Crippen molar-refractivity contribution >= 4 is 34.4 Å². The van der Waals surface area contributed by atoms with Crippen molar-refractivity contribution in [2.45, 2.75) is 26.4 Å². The summed E-state index contributed by atoms with van der Waals surface area (Å²) in [5, 5.41) is 6.84. The fourth-order valence-corrected chi connectivity index (χ4v) is 3.73. The number of benzene rings is 1. The summed E-state index contributed by atoms with van der Waals surface area (Å²) in [6.07, 6.45) is 0.230. The van der Waals surface area contributed by atoms with Gasteiger partial charge in [-0.05, 0) is 18.4 Å². The fourth-order valence-electron chi connectivity index (χ4n) is 2.22. The summed E-state index contributed by atoms with van der Waals surface area (Å²) in [5.41, 5.74) is 3.53. The van der Waals surface area contributed by atoms with Crippen LogP contribution in [-0.2, 0) is 16.1 Å². The van der Waals surface area contributed by atoms with Crippen molar-refractivity contribution in [3.05, 3.63) is 63.3 Å². The largest absolute Gasteiger partial charge is 0.459 e. The molecule has 0 amide bonds. The Balaban J connectivity index is 1.45. The molecule has 4 nitrogen and oxygen atoms in total. The van der Waals surface area contributed by atoms with E-state index in [0.717, 1.165) is 21.8 Å². The molecule has 6 heteroatoms. The molecule has 0 aliphatic rings. The molecule has 25 heavy (non-hydrogen) atoms. The summed E-state index contributed by atoms with van der Waals surface area (Å²) >= 11 is 3.15. The Morgan fingerprint density at radius 3 is 2.60 bits per heavy atom. The first-order chi connectivity index (χ1) is 12.1. The minimum Gasteiger partial charge on any atom is -0.459 e. The Morgan fingerprint density at radius 2 is 1.88 bits per heavy atom. The van der Waals surface area contributed by atoms with Crippen molar-refractivity contribution in [3.63, 3.8) is 0 Å². The number of aryl methyl sites for hydroxylation is 1. The van der Waals surface area contributed by atoms with Crippen LogP contribution >= 0.6 is 22.7 Å². The number of hydrogen-bond donors (Lipinski definition) is 0. The Hall–Kier alpha value is -2.31. The second-order valence-corrected chi connectivity index (χ2v) is 7.24. The van der Waals surface area contributed by atoms with Crippen LogP contribution in [0, 0.1) is 6.92 Å². The van der Waals surface area contributed by atoms with Gasteiger partial charge in [0.2, 0.25) is 0 Å². The van der Waals surface area contributed by atoms with Crippen molar-refractivity contribution in [1.82, 2.24) is 4.98 Å².